The highest BCUT2D eigenvalue weighted by atomic mass is 35.5. The second-order valence-electron chi connectivity index (χ2n) is 4.06. The van der Waals surface area contributed by atoms with Gasteiger partial charge in [-0.3, -0.25) is 10.1 Å². The fourth-order valence-electron chi connectivity index (χ4n) is 1.78. The van der Waals surface area contributed by atoms with Crippen LogP contribution in [0.1, 0.15) is 0 Å². The monoisotopic (exact) mass is 308 g/mol. The lowest BCUT2D eigenvalue weighted by atomic mass is 10.2. The number of nitrogens with zero attached hydrogens (tertiary/aromatic N) is 2. The van der Waals surface area contributed by atoms with Crippen LogP contribution in [-0.2, 0) is 0 Å². The van der Waals surface area contributed by atoms with Crippen LogP contribution >= 0.6 is 23.2 Å². The van der Waals surface area contributed by atoms with Gasteiger partial charge in [0, 0.05) is 17.7 Å². The summed E-state index contributed by atoms with van der Waals surface area (Å²) in [6.45, 7) is 0. The van der Waals surface area contributed by atoms with E-state index in [4.69, 9.17) is 27.6 Å². The van der Waals surface area contributed by atoms with Gasteiger partial charge in [0.15, 0.2) is 5.58 Å². The normalized spacial score (nSPS) is 10.9. The molecule has 1 aromatic heterocycles. The molecule has 0 saturated carbocycles. The van der Waals surface area contributed by atoms with Gasteiger partial charge in [-0.15, -0.1) is 0 Å². The van der Waals surface area contributed by atoms with E-state index in [9.17, 15) is 10.1 Å². The molecule has 0 aliphatic heterocycles. The first-order valence-electron chi connectivity index (χ1n) is 5.55. The van der Waals surface area contributed by atoms with Crippen molar-refractivity contribution in [3.63, 3.8) is 0 Å². The minimum Gasteiger partial charge on any atom is -0.436 e. The van der Waals surface area contributed by atoms with Gasteiger partial charge in [0.1, 0.15) is 5.52 Å². The lowest BCUT2D eigenvalue weighted by Crippen LogP contribution is -1.86. The summed E-state index contributed by atoms with van der Waals surface area (Å²) < 4.78 is 5.55. The van der Waals surface area contributed by atoms with Crippen LogP contribution in [-0.4, -0.2) is 9.91 Å². The zero-order valence-corrected chi connectivity index (χ0v) is 11.4. The Morgan fingerprint density at radius 1 is 1.10 bits per heavy atom. The van der Waals surface area contributed by atoms with Crippen LogP contribution in [0.15, 0.2) is 40.8 Å². The van der Waals surface area contributed by atoms with Crippen molar-refractivity contribution < 1.29 is 9.34 Å². The molecule has 0 spiro atoms. The van der Waals surface area contributed by atoms with Crippen LogP contribution in [0.2, 0.25) is 10.0 Å². The second-order valence-corrected chi connectivity index (χ2v) is 4.87. The minimum absolute atomic E-state index is 0.0357. The lowest BCUT2D eigenvalue weighted by molar-refractivity contribution is -0.384. The van der Waals surface area contributed by atoms with E-state index >= 15 is 0 Å². The Bertz CT molecular complexity index is 830. The number of non-ortho nitro benzene ring substituents is 1. The summed E-state index contributed by atoms with van der Waals surface area (Å²) in [5.74, 6) is 0.332. The minimum atomic E-state index is -0.479. The number of fused-ring (bicyclic) bond motifs is 1. The predicted molar refractivity (Wildman–Crippen MR) is 76.1 cm³/mol. The van der Waals surface area contributed by atoms with Crippen molar-refractivity contribution in [1.29, 1.82) is 0 Å². The number of hydrogen-bond acceptors (Lipinski definition) is 4. The summed E-state index contributed by atoms with van der Waals surface area (Å²) in [4.78, 5) is 14.5. The molecule has 7 heteroatoms. The van der Waals surface area contributed by atoms with Crippen molar-refractivity contribution in [2.24, 2.45) is 0 Å². The highest BCUT2D eigenvalue weighted by Gasteiger charge is 2.13. The molecule has 0 saturated heterocycles. The fourth-order valence-corrected chi connectivity index (χ4v) is 2.08. The quantitative estimate of drug-likeness (QED) is 0.508. The van der Waals surface area contributed by atoms with Crippen LogP contribution in [0.4, 0.5) is 5.69 Å². The van der Waals surface area contributed by atoms with E-state index in [1.54, 1.807) is 18.2 Å². The van der Waals surface area contributed by atoms with E-state index in [0.717, 1.165) is 0 Å². The first-order valence-corrected chi connectivity index (χ1v) is 6.30. The molecule has 0 radical (unpaired) electrons. The number of benzene rings is 2. The molecule has 0 N–H and O–H groups in total. The first kappa shape index (κ1) is 12.9. The Morgan fingerprint density at radius 2 is 1.90 bits per heavy atom. The molecule has 100 valence electrons. The maximum atomic E-state index is 10.7. The number of aromatic nitrogens is 1. The number of hydrogen-bond donors (Lipinski definition) is 0. The summed E-state index contributed by atoms with van der Waals surface area (Å²) in [5, 5.41) is 11.5. The Hall–Kier alpha value is -2.11. The molecule has 20 heavy (non-hydrogen) atoms. The molecule has 5 nitrogen and oxygen atoms in total. The molecule has 1 heterocycles. The lowest BCUT2D eigenvalue weighted by Gasteiger charge is -1.97. The van der Waals surface area contributed by atoms with E-state index in [-0.39, 0.29) is 5.69 Å². The zero-order valence-electron chi connectivity index (χ0n) is 9.84. The molecule has 0 atom stereocenters. The highest BCUT2D eigenvalue weighted by molar-refractivity contribution is 6.42. The highest BCUT2D eigenvalue weighted by Crippen LogP contribution is 2.31. The van der Waals surface area contributed by atoms with Crippen molar-refractivity contribution in [3.8, 4) is 11.5 Å². The van der Waals surface area contributed by atoms with Gasteiger partial charge < -0.3 is 4.42 Å². The van der Waals surface area contributed by atoms with Crippen LogP contribution in [0.5, 0.6) is 0 Å². The Labute approximate surface area is 122 Å². The summed E-state index contributed by atoms with van der Waals surface area (Å²) in [6.07, 6.45) is 0. The van der Waals surface area contributed by atoms with Gasteiger partial charge >= 0.3 is 0 Å². The Kier molecular flexibility index (Phi) is 3.08. The molecule has 0 amide bonds. The molecule has 3 rings (SSSR count). The van der Waals surface area contributed by atoms with Gasteiger partial charge in [-0.25, -0.2) is 4.98 Å². The molecule has 0 bridgehead atoms. The van der Waals surface area contributed by atoms with Crippen molar-refractivity contribution in [2.75, 3.05) is 0 Å². The van der Waals surface area contributed by atoms with Crippen LogP contribution in [0, 0.1) is 10.1 Å². The van der Waals surface area contributed by atoms with Gasteiger partial charge in [0.05, 0.1) is 15.0 Å². The zero-order chi connectivity index (χ0) is 14.3. The smallest absolute Gasteiger partial charge is 0.271 e. The van der Waals surface area contributed by atoms with Gasteiger partial charge in [-0.05, 0) is 24.3 Å². The van der Waals surface area contributed by atoms with E-state index in [1.807, 2.05) is 0 Å². The first-order chi connectivity index (χ1) is 9.54. The number of oxazole rings is 1. The predicted octanol–water partition coefficient (Wildman–Crippen LogP) is 4.71. The van der Waals surface area contributed by atoms with Crippen molar-refractivity contribution >= 4 is 40.0 Å². The Balaban J connectivity index is 2.12. The van der Waals surface area contributed by atoms with Crippen LogP contribution in [0.25, 0.3) is 22.6 Å². The standard InChI is InChI=1S/C13H6Cl2N2O3/c14-9-3-1-7(5-10(9)15)13-16-11-6-8(17(18)19)2-4-12(11)20-13/h1-6H. The number of rotatable bonds is 2. The van der Waals surface area contributed by atoms with E-state index in [0.29, 0.717) is 32.6 Å². The number of halogens is 2. The van der Waals surface area contributed by atoms with Crippen LogP contribution in [0.3, 0.4) is 0 Å². The van der Waals surface area contributed by atoms with Gasteiger partial charge in [-0.1, -0.05) is 23.2 Å². The molecule has 3 aromatic rings. The van der Waals surface area contributed by atoms with Crippen LogP contribution < -0.4 is 0 Å². The molecule has 0 aliphatic rings. The van der Waals surface area contributed by atoms with Gasteiger partial charge in [-0.2, -0.15) is 0 Å². The van der Waals surface area contributed by atoms with Crippen molar-refractivity contribution in [3.05, 3.63) is 56.6 Å². The molecular formula is C13H6Cl2N2O3. The van der Waals surface area contributed by atoms with Crippen molar-refractivity contribution in [2.45, 2.75) is 0 Å². The average Bonchev–Trinajstić information content (AvgIpc) is 2.84. The topological polar surface area (TPSA) is 69.2 Å². The average molecular weight is 309 g/mol. The fraction of sp³-hybridized carbons (Fsp3) is 0. The van der Waals surface area contributed by atoms with E-state index in [2.05, 4.69) is 4.98 Å². The summed E-state index contributed by atoms with van der Waals surface area (Å²) in [6, 6.07) is 9.22. The number of nitro benzene ring substituents is 1. The summed E-state index contributed by atoms with van der Waals surface area (Å²) in [7, 11) is 0. The maximum Gasteiger partial charge on any atom is 0.271 e. The largest absolute Gasteiger partial charge is 0.436 e. The third kappa shape index (κ3) is 2.21. The van der Waals surface area contributed by atoms with Crippen molar-refractivity contribution in [1.82, 2.24) is 4.98 Å². The second kappa shape index (κ2) is 4.77. The molecule has 0 unspecified atom stereocenters. The van der Waals surface area contributed by atoms with E-state index < -0.39 is 4.92 Å². The maximum absolute atomic E-state index is 10.7. The third-order valence-corrected chi connectivity index (χ3v) is 3.49. The summed E-state index contributed by atoms with van der Waals surface area (Å²) >= 11 is 11.8. The summed E-state index contributed by atoms with van der Waals surface area (Å²) in [5.41, 5.74) is 1.50. The number of nitro groups is 1. The van der Waals surface area contributed by atoms with Gasteiger partial charge in [0.2, 0.25) is 5.89 Å². The SMILES string of the molecule is O=[N+]([O-])c1ccc2oc(-c3ccc(Cl)c(Cl)c3)nc2c1. The molecular weight excluding hydrogens is 303 g/mol. The third-order valence-electron chi connectivity index (χ3n) is 2.75. The van der Waals surface area contributed by atoms with Gasteiger partial charge in [0.25, 0.3) is 5.69 Å². The molecule has 0 fully saturated rings. The molecule has 0 aliphatic carbocycles. The Morgan fingerprint density at radius 3 is 2.60 bits per heavy atom. The van der Waals surface area contributed by atoms with E-state index in [1.165, 1.54) is 18.2 Å². The molecule has 2 aromatic carbocycles.